The highest BCUT2D eigenvalue weighted by atomic mass is 32.2. The first kappa shape index (κ1) is 38.2. The number of thiazole rings is 1. The number of aromatic nitrogens is 1. The van der Waals surface area contributed by atoms with Crippen molar-refractivity contribution in [3.05, 3.63) is 64.3 Å². The maximum absolute atomic E-state index is 13.5. The van der Waals surface area contributed by atoms with E-state index in [1.165, 1.54) is 25.3 Å². The zero-order valence-electron chi connectivity index (χ0n) is 27.3. The van der Waals surface area contributed by atoms with Gasteiger partial charge in [0.2, 0.25) is 5.60 Å². The Hall–Kier alpha value is -6.07. The molecule has 0 bridgehead atoms. The smallest absolute Gasteiger partial charge is 0.352 e. The monoisotopic (exact) mass is 791 g/mol. The molecule has 0 spiro atoms. The number of aromatic hydroxyl groups is 4. The highest BCUT2D eigenvalue weighted by Crippen LogP contribution is 2.41. The number of fused-ring (bicyclic) bond motifs is 1. The minimum absolute atomic E-state index is 0.0236. The van der Waals surface area contributed by atoms with Gasteiger partial charge in [-0.2, -0.15) is 0 Å². The van der Waals surface area contributed by atoms with Gasteiger partial charge in [-0.05, 0) is 49.8 Å². The van der Waals surface area contributed by atoms with E-state index < -0.39 is 102 Å². The summed E-state index contributed by atoms with van der Waals surface area (Å²) in [4.78, 5) is 74.3. The zero-order chi connectivity index (χ0) is 39.0. The summed E-state index contributed by atoms with van der Waals surface area (Å²) < 4.78 is 26.1. The van der Waals surface area contributed by atoms with Crippen LogP contribution in [0.25, 0.3) is 0 Å². The predicted octanol–water partition coefficient (Wildman–Crippen LogP) is -0.279. The summed E-state index contributed by atoms with van der Waals surface area (Å²) in [7, 11) is -4.25. The summed E-state index contributed by atoms with van der Waals surface area (Å²) in [5.41, 5.74) is 6.60. The standard InChI is InChI=1S/C30H29N7O13S3/c1-30(2,28(47)35-34-23(42)12-3-5-16(38)18(40)7-12)50-36-20(15-10-52-29(31)32-15)24(43)33-21-25(44)37-22(27(45)46)13(9-51-26(21)37)11-53(48,49)14-4-6-17(39)19(41)8-14/h3-8,10,21,26,38-41H,9,11H2,1-2H3,(H2,31,32)(H,33,43)(H,34,42)(H,35,47)(H,45,46)/b36-20-/t21-,26-/m1/s1. The average Bonchev–Trinajstić information content (AvgIpc) is 3.53. The minimum atomic E-state index is -4.25. The number of nitrogens with zero attached hydrogens (tertiary/aromatic N) is 3. The topological polar surface area (TPSA) is 320 Å². The van der Waals surface area contributed by atoms with Crippen LogP contribution in [0.1, 0.15) is 29.9 Å². The number of carbonyl (C=O) groups is 5. The summed E-state index contributed by atoms with van der Waals surface area (Å²) >= 11 is 1.91. The van der Waals surface area contributed by atoms with E-state index in [1.807, 2.05) is 0 Å². The number of thioether (sulfide) groups is 1. The SMILES string of the molecule is CC(C)(O/N=C(\C(=O)N[C@@H]1C(=O)N2C(C(=O)O)=C(CS(=O)(=O)c3ccc(O)c(O)c3)CS[C@H]12)c1csc(N)n1)C(=O)NNC(=O)c1ccc(O)c(O)c1. The molecule has 2 aliphatic rings. The highest BCUT2D eigenvalue weighted by molar-refractivity contribution is 8.00. The number of anilines is 1. The van der Waals surface area contributed by atoms with Crippen LogP contribution in [0.5, 0.6) is 23.0 Å². The van der Waals surface area contributed by atoms with Gasteiger partial charge in [0.15, 0.2) is 43.7 Å². The number of sulfone groups is 1. The number of nitrogens with one attached hydrogen (secondary N) is 3. The number of rotatable bonds is 11. The molecule has 2 aliphatic heterocycles. The van der Waals surface area contributed by atoms with Gasteiger partial charge in [0.25, 0.3) is 23.6 Å². The fraction of sp³-hybridized carbons (Fsp3) is 0.233. The molecular weight excluding hydrogens is 763 g/mol. The molecule has 3 aromatic rings. The lowest BCUT2D eigenvalue weighted by molar-refractivity contribution is -0.150. The van der Waals surface area contributed by atoms with Crippen molar-refractivity contribution in [1.29, 1.82) is 0 Å². The van der Waals surface area contributed by atoms with E-state index >= 15 is 0 Å². The number of aliphatic carboxylic acids is 1. The molecule has 0 unspecified atom stereocenters. The number of phenolic OH excluding ortho intramolecular Hbond substituents is 4. The van der Waals surface area contributed by atoms with Crippen molar-refractivity contribution in [3.63, 3.8) is 0 Å². The number of oxime groups is 1. The first-order chi connectivity index (χ1) is 24.8. The Labute approximate surface area is 306 Å². The molecule has 1 saturated heterocycles. The van der Waals surface area contributed by atoms with Crippen molar-refractivity contribution in [2.24, 2.45) is 5.16 Å². The van der Waals surface area contributed by atoms with Crippen LogP contribution >= 0.6 is 23.1 Å². The number of carboxylic acids is 1. The van der Waals surface area contributed by atoms with Crippen molar-refractivity contribution in [3.8, 4) is 23.0 Å². The molecule has 53 heavy (non-hydrogen) atoms. The van der Waals surface area contributed by atoms with E-state index in [0.717, 1.165) is 58.3 Å². The lowest BCUT2D eigenvalue weighted by Crippen LogP contribution is -2.71. The third-order valence-electron chi connectivity index (χ3n) is 7.63. The molecule has 3 heterocycles. The van der Waals surface area contributed by atoms with Crippen LogP contribution in [-0.2, 0) is 33.9 Å². The molecule has 23 heteroatoms. The second kappa shape index (κ2) is 14.5. The average molecular weight is 792 g/mol. The van der Waals surface area contributed by atoms with Crippen molar-refractivity contribution in [1.82, 2.24) is 26.1 Å². The number of carbonyl (C=O) groups excluding carboxylic acids is 4. The van der Waals surface area contributed by atoms with Crippen LogP contribution in [0.2, 0.25) is 0 Å². The van der Waals surface area contributed by atoms with Crippen molar-refractivity contribution >= 4 is 73.4 Å². The molecule has 0 saturated carbocycles. The van der Waals surface area contributed by atoms with E-state index in [4.69, 9.17) is 10.6 Å². The van der Waals surface area contributed by atoms with Crippen LogP contribution in [0.15, 0.2) is 63.1 Å². The van der Waals surface area contributed by atoms with Crippen molar-refractivity contribution < 1.29 is 62.8 Å². The minimum Gasteiger partial charge on any atom is -0.504 e. The quantitative estimate of drug-likeness (QED) is 0.0522. The normalized spacial score (nSPS) is 17.4. The second-order valence-electron chi connectivity index (χ2n) is 11.8. The number of amides is 4. The van der Waals surface area contributed by atoms with Crippen molar-refractivity contribution in [2.75, 3.05) is 17.2 Å². The van der Waals surface area contributed by atoms with Gasteiger partial charge >= 0.3 is 5.97 Å². The van der Waals surface area contributed by atoms with E-state index in [9.17, 15) is 57.9 Å². The molecule has 0 aliphatic carbocycles. The lowest BCUT2D eigenvalue weighted by Gasteiger charge is -2.49. The van der Waals surface area contributed by atoms with E-state index in [1.54, 1.807) is 0 Å². The van der Waals surface area contributed by atoms with Crippen LogP contribution in [0.4, 0.5) is 5.13 Å². The van der Waals surface area contributed by atoms with Crippen LogP contribution in [0, 0.1) is 0 Å². The van der Waals surface area contributed by atoms with Gasteiger partial charge in [-0.15, -0.1) is 23.1 Å². The Balaban J connectivity index is 1.30. The Morgan fingerprint density at radius 1 is 1.04 bits per heavy atom. The van der Waals surface area contributed by atoms with Crippen LogP contribution in [-0.4, -0.2) is 108 Å². The molecule has 1 aromatic heterocycles. The third-order valence-corrected chi connectivity index (χ3v) is 11.3. The molecule has 5 rings (SSSR count). The first-order valence-electron chi connectivity index (χ1n) is 14.9. The molecule has 280 valence electrons. The molecule has 1 fully saturated rings. The Bertz CT molecular complexity index is 2220. The fourth-order valence-electron chi connectivity index (χ4n) is 4.82. The Kier molecular flexibility index (Phi) is 10.5. The number of hydrazine groups is 1. The van der Waals surface area contributed by atoms with Gasteiger partial charge in [0.1, 0.15) is 22.8 Å². The van der Waals surface area contributed by atoms with E-state index in [2.05, 4.69) is 26.3 Å². The van der Waals surface area contributed by atoms with Crippen LogP contribution < -0.4 is 21.9 Å². The van der Waals surface area contributed by atoms with Gasteiger partial charge in [0, 0.05) is 22.8 Å². The number of β-lactam (4-membered cyclic amide) rings is 1. The summed E-state index contributed by atoms with van der Waals surface area (Å²) in [6, 6.07) is 4.68. The van der Waals surface area contributed by atoms with E-state index in [-0.39, 0.29) is 27.7 Å². The van der Waals surface area contributed by atoms with Gasteiger partial charge in [-0.3, -0.25) is 34.9 Å². The molecular formula is C30H29N7O13S3. The molecule has 4 amide bonds. The summed E-state index contributed by atoms with van der Waals surface area (Å²) in [6.07, 6.45) is 0. The fourth-order valence-corrected chi connectivity index (χ4v) is 8.27. The number of nitrogen functional groups attached to an aromatic ring is 1. The lowest BCUT2D eigenvalue weighted by atomic mass is 10.0. The molecule has 2 atom stereocenters. The molecule has 20 nitrogen and oxygen atoms in total. The molecule has 2 aromatic carbocycles. The number of phenols is 4. The molecule has 10 N–H and O–H groups in total. The third kappa shape index (κ3) is 7.90. The molecule has 0 radical (unpaired) electrons. The Morgan fingerprint density at radius 2 is 1.70 bits per heavy atom. The van der Waals surface area contributed by atoms with Gasteiger partial charge < -0.3 is 41.4 Å². The van der Waals surface area contributed by atoms with Gasteiger partial charge in [-0.25, -0.2) is 18.2 Å². The second-order valence-corrected chi connectivity index (χ2v) is 15.7. The van der Waals surface area contributed by atoms with Gasteiger partial charge in [-0.1, -0.05) is 5.16 Å². The van der Waals surface area contributed by atoms with Crippen molar-refractivity contribution in [2.45, 2.75) is 35.8 Å². The summed E-state index contributed by atoms with van der Waals surface area (Å²) in [6.45, 7) is 2.48. The number of hydrogen-bond acceptors (Lipinski definition) is 17. The van der Waals surface area contributed by atoms with E-state index in [0.29, 0.717) is 0 Å². The largest absolute Gasteiger partial charge is 0.504 e. The summed E-state index contributed by atoms with van der Waals surface area (Å²) in [5, 5.41) is 55.0. The number of nitrogens with two attached hydrogens (primary N) is 1. The number of benzene rings is 2. The maximum Gasteiger partial charge on any atom is 0.352 e. The highest BCUT2D eigenvalue weighted by Gasteiger charge is 2.55. The predicted molar refractivity (Wildman–Crippen MR) is 185 cm³/mol. The number of carboxylic acid groups (broad SMARTS) is 1. The first-order valence-corrected chi connectivity index (χ1v) is 18.4. The maximum atomic E-state index is 13.5. The Morgan fingerprint density at radius 3 is 2.30 bits per heavy atom. The summed E-state index contributed by atoms with van der Waals surface area (Å²) in [5.74, 6) is -8.64. The van der Waals surface area contributed by atoms with Crippen LogP contribution in [0.3, 0.4) is 0 Å². The number of hydrogen-bond donors (Lipinski definition) is 9. The van der Waals surface area contributed by atoms with Gasteiger partial charge in [0.05, 0.1) is 10.6 Å². The zero-order valence-corrected chi connectivity index (χ0v) is 29.7.